The van der Waals surface area contributed by atoms with Crippen molar-refractivity contribution in [1.29, 1.82) is 0 Å². The fourth-order valence-electron chi connectivity index (χ4n) is 3.24. The first-order chi connectivity index (χ1) is 11.1. The predicted molar refractivity (Wildman–Crippen MR) is 91.6 cm³/mol. The molecule has 6 heteroatoms. The topological polar surface area (TPSA) is 51.0 Å². The Kier molecular flexibility index (Phi) is 5.10. The van der Waals surface area contributed by atoms with Gasteiger partial charge in [0.1, 0.15) is 5.82 Å². The minimum Gasteiger partial charge on any atom is -0.341 e. The molecule has 1 saturated heterocycles. The highest BCUT2D eigenvalue weighted by atomic mass is 32.1. The molecule has 0 aromatic carbocycles. The average Bonchev–Trinajstić information content (AvgIpc) is 3.24. The zero-order chi connectivity index (χ0) is 16.2. The van der Waals surface area contributed by atoms with Gasteiger partial charge >= 0.3 is 0 Å². The lowest BCUT2D eigenvalue weighted by Crippen LogP contribution is -2.41. The van der Waals surface area contributed by atoms with Crippen LogP contribution in [-0.2, 0) is 11.2 Å². The van der Waals surface area contributed by atoms with Crippen molar-refractivity contribution >= 4 is 17.2 Å². The number of carbonyl (C=O) groups is 1. The Morgan fingerprint density at radius 1 is 1.43 bits per heavy atom. The van der Waals surface area contributed by atoms with E-state index >= 15 is 0 Å². The molecule has 1 fully saturated rings. The maximum atomic E-state index is 12.5. The molecule has 0 aliphatic carbocycles. The summed E-state index contributed by atoms with van der Waals surface area (Å²) < 4.78 is 2.27. The molecule has 1 atom stereocenters. The number of carbonyl (C=O) groups excluding carboxylic acids is 1. The van der Waals surface area contributed by atoms with Crippen molar-refractivity contribution in [3.05, 3.63) is 34.8 Å². The zero-order valence-electron chi connectivity index (χ0n) is 13.8. The van der Waals surface area contributed by atoms with Crippen LogP contribution in [0, 0.1) is 0 Å². The van der Waals surface area contributed by atoms with Crippen molar-refractivity contribution in [3.63, 3.8) is 0 Å². The molecule has 2 aromatic heterocycles. The first kappa shape index (κ1) is 16.2. The number of amides is 1. The summed E-state index contributed by atoms with van der Waals surface area (Å²) >= 11 is 1.58. The van der Waals surface area contributed by atoms with E-state index in [1.165, 1.54) is 0 Å². The van der Waals surface area contributed by atoms with Crippen LogP contribution in [0.1, 0.15) is 56.6 Å². The van der Waals surface area contributed by atoms with Gasteiger partial charge in [-0.2, -0.15) is 0 Å². The summed E-state index contributed by atoms with van der Waals surface area (Å²) in [6.45, 7) is 6.00. The van der Waals surface area contributed by atoms with Crippen molar-refractivity contribution in [2.45, 2.75) is 51.5 Å². The molecule has 23 heavy (non-hydrogen) atoms. The molecule has 0 spiro atoms. The molecule has 1 aliphatic rings. The van der Waals surface area contributed by atoms with E-state index in [0.717, 1.165) is 43.9 Å². The van der Waals surface area contributed by atoms with Crippen LogP contribution in [0.5, 0.6) is 0 Å². The first-order valence-electron chi connectivity index (χ1n) is 8.32. The van der Waals surface area contributed by atoms with Crippen molar-refractivity contribution in [2.24, 2.45) is 0 Å². The summed E-state index contributed by atoms with van der Waals surface area (Å²) in [6, 6.07) is 0.354. The van der Waals surface area contributed by atoms with Crippen molar-refractivity contribution in [1.82, 2.24) is 19.4 Å². The van der Waals surface area contributed by atoms with Gasteiger partial charge in [-0.3, -0.25) is 4.79 Å². The number of hydrogen-bond acceptors (Lipinski definition) is 4. The molecule has 0 bridgehead atoms. The van der Waals surface area contributed by atoms with Crippen LogP contribution in [0.15, 0.2) is 23.3 Å². The number of aromatic nitrogens is 3. The van der Waals surface area contributed by atoms with Gasteiger partial charge in [0, 0.05) is 43.2 Å². The molecule has 3 heterocycles. The Balaban J connectivity index is 1.61. The van der Waals surface area contributed by atoms with Crippen LogP contribution in [0.25, 0.3) is 0 Å². The molecule has 124 valence electrons. The van der Waals surface area contributed by atoms with Crippen LogP contribution in [0.3, 0.4) is 0 Å². The molecule has 1 amide bonds. The standard InChI is InChI=1S/C17H24N4OS/c1-13(2)17-18-7-9-21(17)15-4-3-8-20(10-15)16(22)6-5-14-11-23-12-19-14/h7,9,11-13,15H,3-6,8,10H2,1-2H3/t15-/m0/s1. The van der Waals surface area contributed by atoms with Gasteiger partial charge < -0.3 is 9.47 Å². The molecule has 0 saturated carbocycles. The molecule has 1 aliphatic heterocycles. The fraction of sp³-hybridized carbons (Fsp3) is 0.588. The third kappa shape index (κ3) is 3.80. The SMILES string of the molecule is CC(C)c1nccn1[C@H]1CCCN(C(=O)CCc2cscn2)C1. The van der Waals surface area contributed by atoms with Crippen LogP contribution in [0.4, 0.5) is 0 Å². The minimum atomic E-state index is 0.244. The smallest absolute Gasteiger partial charge is 0.223 e. The second-order valence-corrected chi connectivity index (χ2v) is 7.18. The Bertz CT molecular complexity index is 635. The Morgan fingerprint density at radius 3 is 3.04 bits per heavy atom. The van der Waals surface area contributed by atoms with E-state index in [-0.39, 0.29) is 5.91 Å². The molecule has 5 nitrogen and oxygen atoms in total. The monoisotopic (exact) mass is 332 g/mol. The largest absolute Gasteiger partial charge is 0.341 e. The van der Waals surface area contributed by atoms with Crippen molar-refractivity contribution < 1.29 is 4.79 Å². The van der Waals surface area contributed by atoms with Gasteiger partial charge in [0.2, 0.25) is 5.91 Å². The van der Waals surface area contributed by atoms with E-state index in [2.05, 4.69) is 34.6 Å². The second-order valence-electron chi connectivity index (χ2n) is 6.46. The molecule has 2 aromatic rings. The van der Waals surface area contributed by atoms with E-state index in [4.69, 9.17) is 0 Å². The lowest BCUT2D eigenvalue weighted by atomic mass is 10.0. The highest BCUT2D eigenvalue weighted by Crippen LogP contribution is 2.26. The molecule has 0 unspecified atom stereocenters. The van der Waals surface area contributed by atoms with E-state index < -0.39 is 0 Å². The summed E-state index contributed by atoms with van der Waals surface area (Å²) in [4.78, 5) is 23.3. The zero-order valence-corrected chi connectivity index (χ0v) is 14.6. The lowest BCUT2D eigenvalue weighted by molar-refractivity contribution is -0.132. The number of likely N-dealkylation sites (tertiary alicyclic amines) is 1. The lowest BCUT2D eigenvalue weighted by Gasteiger charge is -2.34. The molecule has 0 radical (unpaired) electrons. The molecular formula is C17H24N4OS. The maximum absolute atomic E-state index is 12.5. The van der Waals surface area contributed by atoms with E-state index in [1.54, 1.807) is 11.3 Å². The number of imidazole rings is 1. The van der Waals surface area contributed by atoms with Crippen LogP contribution in [0.2, 0.25) is 0 Å². The van der Waals surface area contributed by atoms with Gasteiger partial charge in [0.25, 0.3) is 0 Å². The van der Waals surface area contributed by atoms with Gasteiger partial charge in [-0.25, -0.2) is 9.97 Å². The molecule has 0 N–H and O–H groups in total. The van der Waals surface area contributed by atoms with E-state index in [0.29, 0.717) is 18.4 Å². The Labute approximate surface area is 141 Å². The van der Waals surface area contributed by atoms with Crippen LogP contribution >= 0.6 is 11.3 Å². The van der Waals surface area contributed by atoms with Crippen molar-refractivity contribution in [3.8, 4) is 0 Å². The summed E-state index contributed by atoms with van der Waals surface area (Å²) in [5, 5.41) is 2.02. The fourth-order valence-corrected chi connectivity index (χ4v) is 3.84. The third-order valence-corrected chi connectivity index (χ3v) is 5.07. The Morgan fingerprint density at radius 2 is 2.30 bits per heavy atom. The summed E-state index contributed by atoms with van der Waals surface area (Å²) in [6.07, 6.45) is 7.40. The Hall–Kier alpha value is -1.69. The highest BCUT2D eigenvalue weighted by Gasteiger charge is 2.26. The van der Waals surface area contributed by atoms with Gasteiger partial charge in [-0.05, 0) is 19.3 Å². The molecular weight excluding hydrogens is 308 g/mol. The van der Waals surface area contributed by atoms with Gasteiger partial charge in [0.05, 0.1) is 17.2 Å². The van der Waals surface area contributed by atoms with E-state index in [1.807, 2.05) is 22.0 Å². The second kappa shape index (κ2) is 7.25. The minimum absolute atomic E-state index is 0.244. The number of aryl methyl sites for hydroxylation is 1. The van der Waals surface area contributed by atoms with Gasteiger partial charge in [0.15, 0.2) is 0 Å². The van der Waals surface area contributed by atoms with Crippen LogP contribution in [-0.4, -0.2) is 38.4 Å². The van der Waals surface area contributed by atoms with E-state index in [9.17, 15) is 4.79 Å². The normalized spacial score (nSPS) is 18.6. The van der Waals surface area contributed by atoms with Crippen LogP contribution < -0.4 is 0 Å². The predicted octanol–water partition coefficient (Wildman–Crippen LogP) is 3.26. The summed E-state index contributed by atoms with van der Waals surface area (Å²) in [7, 11) is 0. The third-order valence-electron chi connectivity index (χ3n) is 4.44. The number of rotatable bonds is 5. The van der Waals surface area contributed by atoms with Gasteiger partial charge in [-0.1, -0.05) is 13.8 Å². The average molecular weight is 332 g/mol. The highest BCUT2D eigenvalue weighted by molar-refractivity contribution is 7.07. The number of hydrogen-bond donors (Lipinski definition) is 0. The van der Waals surface area contributed by atoms with Gasteiger partial charge in [-0.15, -0.1) is 11.3 Å². The van der Waals surface area contributed by atoms with Crippen molar-refractivity contribution in [2.75, 3.05) is 13.1 Å². The quantitative estimate of drug-likeness (QED) is 0.844. The number of nitrogens with zero attached hydrogens (tertiary/aromatic N) is 4. The summed E-state index contributed by atoms with van der Waals surface area (Å²) in [5.74, 6) is 1.77. The number of piperidine rings is 1. The maximum Gasteiger partial charge on any atom is 0.223 e. The number of thiazole rings is 1. The summed E-state index contributed by atoms with van der Waals surface area (Å²) in [5.41, 5.74) is 2.84. The first-order valence-corrected chi connectivity index (χ1v) is 9.27. The molecule has 3 rings (SSSR count).